The van der Waals surface area contributed by atoms with E-state index >= 15 is 0 Å². The van der Waals surface area contributed by atoms with Crippen LogP contribution < -0.4 is 0 Å². The topological polar surface area (TPSA) is 52.9 Å². The Kier molecular flexibility index (Phi) is 11.9. The van der Waals surface area contributed by atoms with Crippen LogP contribution in [-0.2, 0) is 4.74 Å². The fraction of sp³-hybridized carbons (Fsp3) is 1.00. The summed E-state index contributed by atoms with van der Waals surface area (Å²) in [7, 11) is 5.07. The van der Waals surface area contributed by atoms with Crippen LogP contribution in [0.25, 0.3) is 0 Å². The smallest absolute Gasteiger partial charge is 0.156 e. The molecule has 0 saturated carbocycles. The van der Waals surface area contributed by atoms with Crippen molar-refractivity contribution in [2.45, 2.75) is 52.0 Å². The van der Waals surface area contributed by atoms with Crippen LogP contribution in [0.15, 0.2) is 0 Å². The number of aliphatic hydroxyl groups is 2. The van der Waals surface area contributed by atoms with Crippen LogP contribution in [0.4, 0.5) is 0 Å². The number of hydrogen-bond acceptors (Lipinski definition) is 4. The summed E-state index contributed by atoms with van der Waals surface area (Å²) in [5.41, 5.74) is 0. The van der Waals surface area contributed by atoms with E-state index in [1.54, 1.807) is 0 Å². The van der Waals surface area contributed by atoms with Crippen molar-refractivity contribution in [3.63, 3.8) is 0 Å². The van der Waals surface area contributed by atoms with E-state index in [4.69, 9.17) is 9.84 Å². The van der Waals surface area contributed by atoms with Crippen molar-refractivity contribution >= 4 is 0 Å². The van der Waals surface area contributed by atoms with Crippen LogP contribution in [0, 0.1) is 0 Å². The van der Waals surface area contributed by atoms with Crippen LogP contribution in [0.3, 0.4) is 0 Å². The van der Waals surface area contributed by atoms with Gasteiger partial charge >= 0.3 is 0 Å². The zero-order valence-corrected chi connectivity index (χ0v) is 10.9. The Morgan fingerprint density at radius 1 is 1.13 bits per heavy atom. The van der Waals surface area contributed by atoms with Gasteiger partial charge in [0.1, 0.15) is 0 Å². The van der Waals surface area contributed by atoms with Gasteiger partial charge < -0.3 is 19.8 Å². The first-order valence-corrected chi connectivity index (χ1v) is 5.54. The van der Waals surface area contributed by atoms with Gasteiger partial charge in [-0.2, -0.15) is 0 Å². The van der Waals surface area contributed by atoms with Crippen LogP contribution in [0.1, 0.15) is 33.6 Å². The number of nitrogens with zero attached hydrogens (tertiary/aromatic N) is 1. The maximum atomic E-state index is 9.25. The summed E-state index contributed by atoms with van der Waals surface area (Å²) in [5.74, 6) is 0. The molecular weight excluding hydrogens is 194 g/mol. The van der Waals surface area contributed by atoms with Gasteiger partial charge in [-0.1, -0.05) is 13.8 Å². The molecule has 1 unspecified atom stereocenters. The van der Waals surface area contributed by atoms with Crippen molar-refractivity contribution in [2.24, 2.45) is 0 Å². The second-order valence-corrected chi connectivity index (χ2v) is 3.49. The molecule has 1 fully saturated rings. The molecule has 1 aliphatic heterocycles. The molecule has 0 radical (unpaired) electrons. The van der Waals surface area contributed by atoms with Gasteiger partial charge in [0.2, 0.25) is 0 Å². The fourth-order valence-electron chi connectivity index (χ4n) is 1.51. The monoisotopic (exact) mass is 221 g/mol. The minimum atomic E-state index is -0.564. The normalized spacial score (nSPS) is 29.8. The van der Waals surface area contributed by atoms with E-state index in [1.165, 1.54) is 0 Å². The van der Waals surface area contributed by atoms with Crippen molar-refractivity contribution in [3.8, 4) is 0 Å². The summed E-state index contributed by atoms with van der Waals surface area (Å²) in [6.45, 7) is 6.00. The second-order valence-electron chi connectivity index (χ2n) is 3.49. The van der Waals surface area contributed by atoms with Crippen molar-refractivity contribution in [2.75, 3.05) is 21.2 Å². The van der Waals surface area contributed by atoms with Crippen molar-refractivity contribution < 1.29 is 14.9 Å². The average Bonchev–Trinajstić information content (AvgIpc) is 2.22. The molecule has 15 heavy (non-hydrogen) atoms. The molecule has 0 aromatic rings. The number of rotatable bonds is 1. The minimum absolute atomic E-state index is 0.186. The molecule has 1 rings (SSSR count). The lowest BCUT2D eigenvalue weighted by molar-refractivity contribution is -0.172. The fourth-order valence-corrected chi connectivity index (χ4v) is 1.51. The summed E-state index contributed by atoms with van der Waals surface area (Å²) in [6, 6.07) is 0.466. The molecule has 2 N–H and O–H groups in total. The van der Waals surface area contributed by atoms with E-state index in [0.717, 1.165) is 20.0 Å². The summed E-state index contributed by atoms with van der Waals surface area (Å²) < 4.78 is 5.20. The quantitative estimate of drug-likeness (QED) is 0.695. The lowest BCUT2D eigenvalue weighted by Gasteiger charge is -2.34. The summed E-state index contributed by atoms with van der Waals surface area (Å²) in [6.07, 6.45) is 1.37. The molecule has 4 nitrogen and oxygen atoms in total. The first kappa shape index (κ1) is 17.2. The molecule has 0 amide bonds. The van der Waals surface area contributed by atoms with Crippen molar-refractivity contribution in [3.05, 3.63) is 0 Å². The van der Waals surface area contributed by atoms with E-state index in [2.05, 4.69) is 4.90 Å². The van der Waals surface area contributed by atoms with Gasteiger partial charge in [0, 0.05) is 19.6 Å². The zero-order valence-electron chi connectivity index (χ0n) is 10.9. The summed E-state index contributed by atoms with van der Waals surface area (Å²) in [4.78, 5) is 2.14. The Hall–Kier alpha value is -0.160. The van der Waals surface area contributed by atoms with Crippen LogP contribution in [-0.4, -0.2) is 54.8 Å². The molecule has 3 atom stereocenters. The second kappa shape index (κ2) is 10.4. The van der Waals surface area contributed by atoms with Crippen LogP contribution in [0.2, 0.25) is 0 Å². The summed E-state index contributed by atoms with van der Waals surface area (Å²) >= 11 is 0. The van der Waals surface area contributed by atoms with E-state index in [-0.39, 0.29) is 6.10 Å². The lowest BCUT2D eigenvalue weighted by Crippen LogP contribution is -2.41. The van der Waals surface area contributed by atoms with Crippen molar-refractivity contribution in [1.29, 1.82) is 0 Å². The number of hydrogen-bond donors (Lipinski definition) is 2. The third-order valence-corrected chi connectivity index (χ3v) is 2.20. The average molecular weight is 221 g/mol. The maximum absolute atomic E-state index is 9.25. The third kappa shape index (κ3) is 7.73. The third-order valence-electron chi connectivity index (χ3n) is 2.20. The first-order valence-electron chi connectivity index (χ1n) is 5.54. The van der Waals surface area contributed by atoms with Gasteiger partial charge in [-0.25, -0.2) is 0 Å². The van der Waals surface area contributed by atoms with E-state index in [0.29, 0.717) is 6.04 Å². The Bertz CT molecular complexity index is 121. The van der Waals surface area contributed by atoms with E-state index in [9.17, 15) is 5.11 Å². The Balaban J connectivity index is 0. The molecule has 1 heterocycles. The largest absolute Gasteiger partial charge is 0.400 e. The molecular formula is C11H27NO3. The van der Waals surface area contributed by atoms with Gasteiger partial charge in [-0.3, -0.25) is 0 Å². The molecule has 4 heteroatoms. The Labute approximate surface area is 93.9 Å². The number of aliphatic hydroxyl groups excluding tert-OH is 2. The van der Waals surface area contributed by atoms with Gasteiger partial charge in [0.05, 0.1) is 6.10 Å². The highest BCUT2D eigenvalue weighted by Crippen LogP contribution is 2.20. The predicted octanol–water partition coefficient (Wildman–Crippen LogP) is 1.07. The van der Waals surface area contributed by atoms with E-state index in [1.807, 2.05) is 34.9 Å². The SMILES string of the molecule is CC.CO.C[C@@H]1C[C@H](N(C)C)CC(O)O1. The molecule has 94 valence electrons. The predicted molar refractivity (Wildman–Crippen MR) is 62.8 cm³/mol. The van der Waals surface area contributed by atoms with Crippen molar-refractivity contribution in [1.82, 2.24) is 4.90 Å². The molecule has 0 aromatic heterocycles. The first-order chi connectivity index (χ1) is 7.09. The lowest BCUT2D eigenvalue weighted by atomic mass is 10.0. The Morgan fingerprint density at radius 2 is 1.60 bits per heavy atom. The van der Waals surface area contributed by atoms with Gasteiger partial charge in [0.15, 0.2) is 6.29 Å². The number of ether oxygens (including phenoxy) is 1. The van der Waals surface area contributed by atoms with Crippen LogP contribution in [0.5, 0.6) is 0 Å². The molecule has 0 bridgehead atoms. The van der Waals surface area contributed by atoms with Gasteiger partial charge in [-0.15, -0.1) is 0 Å². The molecule has 1 aliphatic rings. The standard InChI is InChI=1S/C8H17NO2.C2H6.CH4O/c1-6-4-7(9(2)3)5-8(10)11-6;2*1-2/h6-8,10H,4-5H2,1-3H3;1-2H3;2H,1H3/t6-,7+,8?;;/m1../s1. The van der Waals surface area contributed by atoms with Crippen LogP contribution >= 0.6 is 0 Å². The highest BCUT2D eigenvalue weighted by atomic mass is 16.6. The molecule has 0 spiro atoms. The highest BCUT2D eigenvalue weighted by molar-refractivity contribution is 4.75. The minimum Gasteiger partial charge on any atom is -0.400 e. The molecule has 1 saturated heterocycles. The molecule has 0 aliphatic carbocycles. The van der Waals surface area contributed by atoms with Gasteiger partial charge in [0.25, 0.3) is 0 Å². The Morgan fingerprint density at radius 3 is 1.93 bits per heavy atom. The van der Waals surface area contributed by atoms with Gasteiger partial charge in [-0.05, 0) is 27.4 Å². The summed E-state index contributed by atoms with van der Waals surface area (Å²) in [5, 5.41) is 16.2. The maximum Gasteiger partial charge on any atom is 0.156 e. The zero-order chi connectivity index (χ0) is 12.4. The van der Waals surface area contributed by atoms with E-state index < -0.39 is 6.29 Å². The highest BCUT2D eigenvalue weighted by Gasteiger charge is 2.26. The molecule has 0 aromatic carbocycles.